The summed E-state index contributed by atoms with van der Waals surface area (Å²) in [6.45, 7) is 2.99. The van der Waals surface area contributed by atoms with Gasteiger partial charge in [-0.2, -0.15) is 0 Å². The number of nitrogens with one attached hydrogen (secondary N) is 1. The molecule has 0 spiro atoms. The molecule has 2 aliphatic carbocycles. The Kier molecular flexibility index (Phi) is 6.01. The summed E-state index contributed by atoms with van der Waals surface area (Å²) in [6, 6.07) is 9.22. The van der Waals surface area contributed by atoms with Crippen LogP contribution in [0.4, 0.5) is 10.1 Å². The van der Waals surface area contributed by atoms with Crippen molar-refractivity contribution in [3.63, 3.8) is 0 Å². The van der Waals surface area contributed by atoms with Crippen LogP contribution in [0.25, 0.3) is 11.1 Å². The first-order valence-electron chi connectivity index (χ1n) is 11.8. The summed E-state index contributed by atoms with van der Waals surface area (Å²) in [4.78, 5) is 12.1. The van der Waals surface area contributed by atoms with Crippen LogP contribution >= 0.6 is 0 Å². The number of benzene rings is 2. The lowest BCUT2D eigenvalue weighted by atomic mass is 9.89. The lowest BCUT2D eigenvalue weighted by Gasteiger charge is -2.35. The molecule has 1 saturated heterocycles. The molecule has 3 fully saturated rings. The van der Waals surface area contributed by atoms with E-state index in [4.69, 9.17) is 14.2 Å². The molecule has 5 rings (SSSR count). The molecule has 0 atom stereocenters. The molecule has 2 aromatic rings. The fraction of sp³-hybridized carbons (Fsp3) is 0.500. The fourth-order valence-electron chi connectivity index (χ4n) is 4.24. The van der Waals surface area contributed by atoms with Gasteiger partial charge in [0.1, 0.15) is 5.54 Å². The van der Waals surface area contributed by atoms with Crippen LogP contribution in [0.5, 0.6) is 5.75 Å². The first kappa shape index (κ1) is 22.2. The number of carbonyl (C=O) groups is 1. The molecule has 0 radical (unpaired) electrons. The molecule has 6 nitrogen and oxygen atoms in total. The van der Waals surface area contributed by atoms with E-state index >= 15 is 4.39 Å². The van der Waals surface area contributed by atoms with Crippen molar-refractivity contribution < 1.29 is 28.5 Å². The molecule has 1 aliphatic heterocycles. The van der Waals surface area contributed by atoms with Crippen molar-refractivity contribution in [3.05, 3.63) is 47.3 Å². The number of halogens is 1. The number of hydrogen-bond donors (Lipinski definition) is 2. The Labute approximate surface area is 193 Å². The normalized spacial score (nSPS) is 19.8. The van der Waals surface area contributed by atoms with E-state index in [0.29, 0.717) is 49.7 Å². The maximum atomic E-state index is 15.6. The van der Waals surface area contributed by atoms with Gasteiger partial charge in [0, 0.05) is 37.3 Å². The third kappa shape index (κ3) is 4.84. The lowest BCUT2D eigenvalue weighted by Crippen LogP contribution is -2.50. The summed E-state index contributed by atoms with van der Waals surface area (Å²) >= 11 is 0. The number of hydrogen-bond acceptors (Lipinski definition) is 5. The Balaban J connectivity index is 1.49. The maximum Gasteiger partial charge on any atom is 0.329 e. The van der Waals surface area contributed by atoms with Gasteiger partial charge in [-0.1, -0.05) is 18.2 Å². The van der Waals surface area contributed by atoms with Crippen LogP contribution in [0.15, 0.2) is 30.3 Å². The predicted octanol–water partition coefficient (Wildman–Crippen LogP) is 5.07. The van der Waals surface area contributed by atoms with E-state index in [2.05, 4.69) is 5.32 Å². The summed E-state index contributed by atoms with van der Waals surface area (Å²) in [7, 11) is 0. The van der Waals surface area contributed by atoms with E-state index in [1.54, 1.807) is 6.07 Å². The highest BCUT2D eigenvalue weighted by molar-refractivity contribution is 5.83. The summed E-state index contributed by atoms with van der Waals surface area (Å²) in [5, 5.41) is 13.1. The predicted molar refractivity (Wildman–Crippen MR) is 122 cm³/mol. The summed E-state index contributed by atoms with van der Waals surface area (Å²) in [6.07, 6.45) is 5.09. The number of anilines is 1. The molecule has 2 N–H and O–H groups in total. The van der Waals surface area contributed by atoms with Crippen molar-refractivity contribution in [1.29, 1.82) is 0 Å². The van der Waals surface area contributed by atoms with Crippen LogP contribution in [0.2, 0.25) is 0 Å². The molecule has 33 heavy (non-hydrogen) atoms. The first-order valence-corrected chi connectivity index (χ1v) is 11.8. The number of carboxylic acids is 1. The van der Waals surface area contributed by atoms with Gasteiger partial charge in [0.2, 0.25) is 0 Å². The molecular weight excluding hydrogens is 425 g/mol. The van der Waals surface area contributed by atoms with E-state index in [1.165, 1.54) is 0 Å². The summed E-state index contributed by atoms with van der Waals surface area (Å²) in [5.41, 5.74) is 2.40. The highest BCUT2D eigenvalue weighted by atomic mass is 19.1. The second-order valence-electron chi connectivity index (χ2n) is 9.40. The van der Waals surface area contributed by atoms with Crippen LogP contribution < -0.4 is 10.1 Å². The third-order valence-electron chi connectivity index (χ3n) is 6.64. The number of carboxylic acid groups (broad SMARTS) is 1. The monoisotopic (exact) mass is 455 g/mol. The van der Waals surface area contributed by atoms with Crippen LogP contribution in [0.3, 0.4) is 0 Å². The smallest absolute Gasteiger partial charge is 0.329 e. The van der Waals surface area contributed by atoms with Crippen LogP contribution in [-0.2, 0) is 20.9 Å². The van der Waals surface area contributed by atoms with Gasteiger partial charge in [0.05, 0.1) is 18.8 Å². The minimum absolute atomic E-state index is 0.101. The van der Waals surface area contributed by atoms with Crippen molar-refractivity contribution in [2.45, 2.75) is 69.8 Å². The van der Waals surface area contributed by atoms with Gasteiger partial charge in [0.25, 0.3) is 0 Å². The van der Waals surface area contributed by atoms with Gasteiger partial charge in [0.15, 0.2) is 11.6 Å². The van der Waals surface area contributed by atoms with Crippen molar-refractivity contribution in [1.82, 2.24) is 0 Å². The van der Waals surface area contributed by atoms with Crippen molar-refractivity contribution >= 4 is 11.7 Å². The molecular formula is C26H30FNO5. The standard InChI is InChI=1S/C26H30FNO5/c1-16-2-8-22(23(27)24(16)33-20-6-7-20)21-9-3-18(14-17(21)15-32-19-4-5-19)28-26(25(29)30)10-12-31-13-11-26/h2-3,8-9,14,19-20,28H,4-7,10-13,15H2,1H3,(H,29,30). The Morgan fingerprint density at radius 2 is 1.82 bits per heavy atom. The zero-order valence-corrected chi connectivity index (χ0v) is 18.9. The highest BCUT2D eigenvalue weighted by Crippen LogP contribution is 2.39. The zero-order chi connectivity index (χ0) is 23.0. The second kappa shape index (κ2) is 8.95. The van der Waals surface area contributed by atoms with Gasteiger partial charge >= 0.3 is 5.97 Å². The lowest BCUT2D eigenvalue weighted by molar-refractivity contribution is -0.145. The van der Waals surface area contributed by atoms with E-state index in [9.17, 15) is 9.90 Å². The Morgan fingerprint density at radius 1 is 1.12 bits per heavy atom. The van der Waals surface area contributed by atoms with Gasteiger partial charge in [-0.05, 0) is 61.4 Å². The van der Waals surface area contributed by atoms with Crippen molar-refractivity contribution in [3.8, 4) is 16.9 Å². The minimum atomic E-state index is -1.07. The maximum absolute atomic E-state index is 15.6. The van der Waals surface area contributed by atoms with E-state index in [1.807, 2.05) is 31.2 Å². The quantitative estimate of drug-likeness (QED) is 0.550. The van der Waals surface area contributed by atoms with Gasteiger partial charge in [-0.15, -0.1) is 0 Å². The molecule has 0 bridgehead atoms. The van der Waals surface area contributed by atoms with Gasteiger partial charge < -0.3 is 24.6 Å². The molecule has 2 aromatic carbocycles. The number of aryl methyl sites for hydroxylation is 1. The Morgan fingerprint density at radius 3 is 2.48 bits per heavy atom. The Hall–Kier alpha value is -2.64. The zero-order valence-electron chi connectivity index (χ0n) is 18.9. The van der Waals surface area contributed by atoms with Crippen LogP contribution in [0.1, 0.15) is 49.7 Å². The largest absolute Gasteiger partial charge is 0.487 e. The average Bonchev–Trinajstić information content (AvgIpc) is 3.72. The fourth-order valence-corrected chi connectivity index (χ4v) is 4.24. The van der Waals surface area contributed by atoms with Crippen molar-refractivity contribution in [2.75, 3.05) is 18.5 Å². The second-order valence-corrected chi connectivity index (χ2v) is 9.40. The molecule has 2 saturated carbocycles. The molecule has 176 valence electrons. The van der Waals surface area contributed by atoms with E-state index in [-0.39, 0.29) is 18.0 Å². The number of ether oxygens (including phenoxy) is 3. The van der Waals surface area contributed by atoms with Gasteiger partial charge in [-0.25, -0.2) is 9.18 Å². The average molecular weight is 456 g/mol. The molecule has 0 aromatic heterocycles. The third-order valence-corrected chi connectivity index (χ3v) is 6.64. The minimum Gasteiger partial charge on any atom is -0.487 e. The number of aliphatic carboxylic acids is 1. The van der Waals surface area contributed by atoms with Crippen LogP contribution in [-0.4, -0.2) is 42.0 Å². The van der Waals surface area contributed by atoms with E-state index in [0.717, 1.165) is 42.4 Å². The van der Waals surface area contributed by atoms with Crippen LogP contribution in [0, 0.1) is 12.7 Å². The van der Waals surface area contributed by atoms with E-state index < -0.39 is 11.5 Å². The summed E-state index contributed by atoms with van der Waals surface area (Å²) < 4.78 is 32.8. The topological polar surface area (TPSA) is 77.0 Å². The molecule has 0 amide bonds. The SMILES string of the molecule is Cc1ccc(-c2ccc(NC3(C(=O)O)CCOCC3)cc2COC2CC2)c(F)c1OC1CC1. The highest BCUT2D eigenvalue weighted by Gasteiger charge is 2.40. The van der Waals surface area contributed by atoms with Crippen molar-refractivity contribution in [2.24, 2.45) is 0 Å². The van der Waals surface area contributed by atoms with Gasteiger partial charge in [-0.3, -0.25) is 0 Å². The molecule has 1 heterocycles. The first-order chi connectivity index (χ1) is 15.9. The molecule has 7 heteroatoms. The molecule has 0 unspecified atom stereocenters. The number of rotatable bonds is 9. The Bertz CT molecular complexity index is 1040. The molecule has 3 aliphatic rings. The summed E-state index contributed by atoms with van der Waals surface area (Å²) in [5.74, 6) is -0.933.